The van der Waals surface area contributed by atoms with Crippen LogP contribution in [0.2, 0.25) is 0 Å². The number of fused-ring (bicyclic) bond motifs is 1. The Hall–Kier alpha value is -2.81. The fourth-order valence-corrected chi connectivity index (χ4v) is 4.20. The van der Waals surface area contributed by atoms with E-state index in [1.807, 2.05) is 38.1 Å². The summed E-state index contributed by atoms with van der Waals surface area (Å²) in [5.74, 6) is 1.79. The Morgan fingerprint density at radius 3 is 2.32 bits per heavy atom. The van der Waals surface area contributed by atoms with Crippen molar-refractivity contribution in [3.8, 4) is 11.5 Å². The zero-order chi connectivity index (χ0) is 22.7. The fourth-order valence-electron chi connectivity index (χ4n) is 3.58. The Morgan fingerprint density at radius 2 is 1.71 bits per heavy atom. The van der Waals surface area contributed by atoms with Crippen molar-refractivity contribution in [3.63, 3.8) is 0 Å². The molecule has 0 amide bonds. The molecular weight excluding hydrogens is 464 g/mol. The van der Waals surface area contributed by atoms with E-state index in [1.165, 1.54) is 4.57 Å². The second-order valence-corrected chi connectivity index (χ2v) is 8.02. The highest BCUT2D eigenvalue weighted by molar-refractivity contribution is 9.10. The van der Waals surface area contributed by atoms with Crippen molar-refractivity contribution < 1.29 is 9.47 Å². The van der Waals surface area contributed by atoms with Crippen LogP contribution in [-0.2, 0) is 20.1 Å². The van der Waals surface area contributed by atoms with Crippen LogP contribution in [-0.4, -0.2) is 32.9 Å². The fraction of sp³-hybridized carbons (Fsp3) is 0.409. The van der Waals surface area contributed by atoms with Crippen molar-refractivity contribution in [2.24, 2.45) is 7.05 Å². The Bertz CT molecular complexity index is 1250. The van der Waals surface area contributed by atoms with Crippen LogP contribution < -0.4 is 20.7 Å². The van der Waals surface area contributed by atoms with E-state index in [-0.39, 0.29) is 11.2 Å². The van der Waals surface area contributed by atoms with Crippen LogP contribution >= 0.6 is 15.9 Å². The number of hydrogen-bond acceptors (Lipinski definition) is 5. The summed E-state index contributed by atoms with van der Waals surface area (Å²) in [6.07, 6.45) is 5.16. The van der Waals surface area contributed by atoms with Gasteiger partial charge in [0.25, 0.3) is 5.56 Å². The highest BCUT2D eigenvalue weighted by atomic mass is 79.9. The number of aryl methyl sites for hydroxylation is 2. The number of halogens is 1. The van der Waals surface area contributed by atoms with Gasteiger partial charge in [-0.15, -0.1) is 0 Å². The number of hydrogen-bond donors (Lipinski definition) is 0. The second-order valence-electron chi connectivity index (χ2n) is 7.16. The van der Waals surface area contributed by atoms with Gasteiger partial charge in [0.15, 0.2) is 22.7 Å². The Balaban J connectivity index is 2.16. The summed E-state index contributed by atoms with van der Waals surface area (Å²) in [6.45, 7) is 4.82. The summed E-state index contributed by atoms with van der Waals surface area (Å²) in [6, 6.07) is 3.76. The summed E-state index contributed by atoms with van der Waals surface area (Å²) in [5.41, 5.74) is 1.09. The number of rotatable bonds is 8. The lowest BCUT2D eigenvalue weighted by Gasteiger charge is -2.10. The minimum absolute atomic E-state index is 0.307. The molecule has 2 heterocycles. The number of methoxy groups -OCH3 is 2. The predicted octanol–water partition coefficient (Wildman–Crippen LogP) is 3.67. The van der Waals surface area contributed by atoms with Crippen molar-refractivity contribution in [1.82, 2.24) is 18.7 Å². The zero-order valence-corrected chi connectivity index (χ0v) is 20.0. The van der Waals surface area contributed by atoms with Gasteiger partial charge in [0.05, 0.1) is 18.7 Å². The van der Waals surface area contributed by atoms with Crippen LogP contribution in [0.3, 0.4) is 0 Å². The van der Waals surface area contributed by atoms with Crippen molar-refractivity contribution in [2.75, 3.05) is 14.2 Å². The summed E-state index contributed by atoms with van der Waals surface area (Å²) in [4.78, 5) is 30.5. The normalized spacial score (nSPS) is 11.5. The van der Waals surface area contributed by atoms with E-state index in [0.29, 0.717) is 48.0 Å². The van der Waals surface area contributed by atoms with Crippen LogP contribution in [0.5, 0.6) is 11.5 Å². The topological polar surface area (TPSA) is 80.3 Å². The molecule has 0 aliphatic rings. The molecule has 0 spiro atoms. The van der Waals surface area contributed by atoms with Crippen molar-refractivity contribution in [1.29, 1.82) is 0 Å². The molecule has 0 saturated carbocycles. The monoisotopic (exact) mass is 490 g/mol. The van der Waals surface area contributed by atoms with Crippen LogP contribution in [0.25, 0.3) is 23.3 Å². The van der Waals surface area contributed by atoms with Gasteiger partial charge in [0, 0.05) is 20.1 Å². The summed E-state index contributed by atoms with van der Waals surface area (Å²) in [5, 5.41) is 0. The molecule has 0 aliphatic heterocycles. The Labute approximate surface area is 188 Å². The first-order valence-corrected chi connectivity index (χ1v) is 11.0. The lowest BCUT2D eigenvalue weighted by Crippen LogP contribution is -2.40. The molecule has 0 fully saturated rings. The van der Waals surface area contributed by atoms with Gasteiger partial charge >= 0.3 is 5.69 Å². The Morgan fingerprint density at radius 1 is 1.03 bits per heavy atom. The molecule has 2 aromatic heterocycles. The largest absolute Gasteiger partial charge is 0.493 e. The van der Waals surface area contributed by atoms with Gasteiger partial charge in [-0.25, -0.2) is 9.78 Å². The average Bonchev–Trinajstić information content (AvgIpc) is 3.08. The van der Waals surface area contributed by atoms with Gasteiger partial charge in [-0.3, -0.25) is 13.9 Å². The zero-order valence-electron chi connectivity index (χ0n) is 18.4. The van der Waals surface area contributed by atoms with Crippen LogP contribution in [0.1, 0.15) is 38.1 Å². The number of aromatic nitrogens is 4. The minimum atomic E-state index is -0.308. The van der Waals surface area contributed by atoms with Crippen molar-refractivity contribution >= 4 is 39.2 Å². The molecule has 0 saturated heterocycles. The van der Waals surface area contributed by atoms with E-state index < -0.39 is 0 Å². The van der Waals surface area contributed by atoms with Gasteiger partial charge in [0.2, 0.25) is 0 Å². The average molecular weight is 491 g/mol. The van der Waals surface area contributed by atoms with Crippen molar-refractivity contribution in [2.45, 2.75) is 39.8 Å². The number of imidazole rings is 1. The number of ether oxygens (including phenoxy) is 2. The molecule has 9 heteroatoms. The molecule has 3 rings (SSSR count). The third-order valence-corrected chi connectivity index (χ3v) is 5.64. The van der Waals surface area contributed by atoms with Gasteiger partial charge in [-0.2, -0.15) is 0 Å². The molecule has 3 aromatic rings. The van der Waals surface area contributed by atoms with Gasteiger partial charge in [-0.05, 0) is 52.5 Å². The third kappa shape index (κ3) is 4.19. The molecule has 0 unspecified atom stereocenters. The lowest BCUT2D eigenvalue weighted by molar-refractivity contribution is 0.353. The molecule has 31 heavy (non-hydrogen) atoms. The smallest absolute Gasteiger partial charge is 0.332 e. The van der Waals surface area contributed by atoms with E-state index in [0.717, 1.165) is 16.5 Å². The van der Waals surface area contributed by atoms with E-state index in [2.05, 4.69) is 20.9 Å². The molecule has 0 atom stereocenters. The molecule has 8 nitrogen and oxygen atoms in total. The summed E-state index contributed by atoms with van der Waals surface area (Å²) in [7, 11) is 4.95. The van der Waals surface area contributed by atoms with Crippen LogP contribution in [0.15, 0.2) is 26.2 Å². The predicted molar refractivity (Wildman–Crippen MR) is 126 cm³/mol. The van der Waals surface area contributed by atoms with E-state index in [1.54, 1.807) is 30.4 Å². The maximum atomic E-state index is 13.0. The van der Waals surface area contributed by atoms with Gasteiger partial charge in [0.1, 0.15) is 5.82 Å². The first kappa shape index (κ1) is 22.9. The molecule has 0 N–H and O–H groups in total. The quantitative estimate of drug-likeness (QED) is 0.481. The van der Waals surface area contributed by atoms with Crippen molar-refractivity contribution in [3.05, 3.63) is 48.8 Å². The number of benzene rings is 1. The Kier molecular flexibility index (Phi) is 7.04. The SMILES string of the molecule is CCCn1c(=O)c2c(nc(C=Cc3cc(Br)c(OC)c(OC)c3)n2C)n(CCC)c1=O. The third-order valence-electron chi connectivity index (χ3n) is 5.05. The summed E-state index contributed by atoms with van der Waals surface area (Å²) >= 11 is 3.49. The van der Waals surface area contributed by atoms with Crippen LogP contribution in [0.4, 0.5) is 0 Å². The summed E-state index contributed by atoms with van der Waals surface area (Å²) < 4.78 is 16.1. The van der Waals surface area contributed by atoms with E-state index in [9.17, 15) is 9.59 Å². The van der Waals surface area contributed by atoms with Crippen LogP contribution in [0, 0.1) is 0 Å². The second kappa shape index (κ2) is 9.55. The van der Waals surface area contributed by atoms with E-state index in [4.69, 9.17) is 9.47 Å². The highest BCUT2D eigenvalue weighted by Crippen LogP contribution is 2.36. The minimum Gasteiger partial charge on any atom is -0.493 e. The standard InChI is InChI=1S/C22H27BrN4O4/c1-6-10-26-20-18(21(28)27(11-7-2)22(26)29)25(3)17(24-20)9-8-14-12-15(23)19(31-5)16(13-14)30-4/h8-9,12-13H,6-7,10-11H2,1-5H3. The number of nitrogens with zero attached hydrogens (tertiary/aromatic N) is 4. The molecule has 166 valence electrons. The highest BCUT2D eigenvalue weighted by Gasteiger charge is 2.18. The molecule has 0 radical (unpaired) electrons. The molecular formula is C22H27BrN4O4. The first-order valence-electron chi connectivity index (χ1n) is 10.2. The molecule has 0 bridgehead atoms. The van der Waals surface area contributed by atoms with Gasteiger partial charge < -0.3 is 14.0 Å². The van der Waals surface area contributed by atoms with E-state index >= 15 is 0 Å². The molecule has 0 aliphatic carbocycles. The first-order chi connectivity index (χ1) is 14.9. The van der Waals surface area contributed by atoms with Gasteiger partial charge in [-0.1, -0.05) is 19.9 Å². The maximum Gasteiger partial charge on any atom is 0.332 e. The maximum absolute atomic E-state index is 13.0. The lowest BCUT2D eigenvalue weighted by atomic mass is 10.2. The molecule has 1 aromatic carbocycles.